The fourth-order valence-corrected chi connectivity index (χ4v) is 1.16. The summed E-state index contributed by atoms with van der Waals surface area (Å²) in [6.07, 6.45) is -0.547. The zero-order valence-corrected chi connectivity index (χ0v) is 8.19. The highest BCUT2D eigenvalue weighted by Crippen LogP contribution is 2.23. The Morgan fingerprint density at radius 1 is 1.58 bits per heavy atom. The lowest BCUT2D eigenvalue weighted by molar-refractivity contribution is -0.174. The Labute approximate surface area is 81.2 Å². The van der Waals surface area contributed by atoms with Gasteiger partial charge in [-0.05, 0) is 6.92 Å². The van der Waals surface area contributed by atoms with Crippen LogP contribution in [0.2, 0.25) is 0 Å². The van der Waals surface area contributed by atoms with Crippen molar-refractivity contribution in [3.63, 3.8) is 0 Å². The van der Waals surface area contributed by atoms with E-state index in [2.05, 4.69) is 0 Å². The quantitative estimate of drug-likeness (QED) is 0.702. The van der Waals surface area contributed by atoms with Crippen molar-refractivity contribution in [2.75, 3.05) is 19.8 Å². The van der Waals surface area contributed by atoms with Crippen LogP contribution in [0.4, 0.5) is 0 Å². The topological polar surface area (TPSA) is 27.7 Å². The maximum Gasteiger partial charge on any atom is 0.219 e. The second-order valence-corrected chi connectivity index (χ2v) is 3.08. The third-order valence-corrected chi connectivity index (χ3v) is 1.70. The van der Waals surface area contributed by atoms with Crippen LogP contribution in [0, 0.1) is 0 Å². The first-order valence-electron chi connectivity index (χ1n) is 3.67. The predicted molar refractivity (Wildman–Crippen MR) is 46.1 cm³/mol. The SMILES string of the molecule is CCOC1OCCOC1=C(Cl)Cl. The Kier molecular flexibility index (Phi) is 4.15. The highest BCUT2D eigenvalue weighted by atomic mass is 35.5. The smallest absolute Gasteiger partial charge is 0.219 e. The van der Waals surface area contributed by atoms with Crippen LogP contribution in [0.5, 0.6) is 0 Å². The Morgan fingerprint density at radius 2 is 2.33 bits per heavy atom. The van der Waals surface area contributed by atoms with Crippen LogP contribution >= 0.6 is 23.2 Å². The largest absolute Gasteiger partial charge is 0.488 e. The molecule has 0 bridgehead atoms. The molecule has 1 aliphatic rings. The molecule has 1 unspecified atom stereocenters. The molecule has 1 aliphatic heterocycles. The van der Waals surface area contributed by atoms with Crippen molar-refractivity contribution >= 4 is 23.2 Å². The van der Waals surface area contributed by atoms with Gasteiger partial charge in [-0.3, -0.25) is 0 Å². The predicted octanol–water partition coefficient (Wildman–Crippen LogP) is 2.04. The first kappa shape index (κ1) is 10.1. The lowest BCUT2D eigenvalue weighted by Crippen LogP contribution is -2.29. The summed E-state index contributed by atoms with van der Waals surface area (Å²) in [5.74, 6) is 0.367. The normalized spacial score (nSPS) is 23.6. The van der Waals surface area contributed by atoms with Gasteiger partial charge in [-0.15, -0.1) is 0 Å². The second-order valence-electron chi connectivity index (χ2n) is 2.13. The second kappa shape index (κ2) is 4.92. The summed E-state index contributed by atoms with van der Waals surface area (Å²) in [5.41, 5.74) is 0. The molecule has 0 aromatic rings. The van der Waals surface area contributed by atoms with Crippen LogP contribution in [0.1, 0.15) is 6.92 Å². The Balaban J connectivity index is 2.61. The average molecular weight is 213 g/mol. The number of ether oxygens (including phenoxy) is 3. The van der Waals surface area contributed by atoms with E-state index >= 15 is 0 Å². The van der Waals surface area contributed by atoms with Gasteiger partial charge in [0.1, 0.15) is 11.1 Å². The number of rotatable bonds is 2. The van der Waals surface area contributed by atoms with Crippen LogP contribution < -0.4 is 0 Å². The van der Waals surface area contributed by atoms with E-state index in [1.807, 2.05) is 6.92 Å². The van der Waals surface area contributed by atoms with Crippen molar-refractivity contribution in [2.45, 2.75) is 13.2 Å². The molecule has 1 heterocycles. The molecule has 3 nitrogen and oxygen atoms in total. The van der Waals surface area contributed by atoms with Gasteiger partial charge >= 0.3 is 0 Å². The molecule has 0 amide bonds. The van der Waals surface area contributed by atoms with E-state index in [0.717, 1.165) is 0 Å². The minimum Gasteiger partial charge on any atom is -0.488 e. The minimum absolute atomic E-state index is 0.0631. The van der Waals surface area contributed by atoms with Gasteiger partial charge < -0.3 is 14.2 Å². The molecule has 0 aromatic heterocycles. The van der Waals surface area contributed by atoms with Crippen molar-refractivity contribution < 1.29 is 14.2 Å². The van der Waals surface area contributed by atoms with E-state index in [1.165, 1.54) is 0 Å². The van der Waals surface area contributed by atoms with E-state index < -0.39 is 6.29 Å². The molecular formula is C7H10Cl2O3. The van der Waals surface area contributed by atoms with Gasteiger partial charge in [-0.1, -0.05) is 23.2 Å². The highest BCUT2D eigenvalue weighted by molar-refractivity contribution is 6.56. The molecule has 0 saturated carbocycles. The third kappa shape index (κ3) is 2.52. The maximum absolute atomic E-state index is 5.55. The molecule has 0 N–H and O–H groups in total. The fourth-order valence-electron chi connectivity index (χ4n) is 0.869. The van der Waals surface area contributed by atoms with Crippen molar-refractivity contribution in [1.29, 1.82) is 0 Å². The zero-order valence-electron chi connectivity index (χ0n) is 6.68. The van der Waals surface area contributed by atoms with E-state index in [-0.39, 0.29) is 4.49 Å². The van der Waals surface area contributed by atoms with E-state index in [1.54, 1.807) is 0 Å². The van der Waals surface area contributed by atoms with E-state index in [9.17, 15) is 0 Å². The van der Waals surface area contributed by atoms with Gasteiger partial charge in [0.2, 0.25) is 6.29 Å². The van der Waals surface area contributed by atoms with Crippen LogP contribution in [-0.2, 0) is 14.2 Å². The van der Waals surface area contributed by atoms with E-state index in [4.69, 9.17) is 37.4 Å². The molecule has 70 valence electrons. The van der Waals surface area contributed by atoms with Crippen LogP contribution in [-0.4, -0.2) is 26.1 Å². The molecule has 1 saturated heterocycles. The number of hydrogen-bond donors (Lipinski definition) is 0. The van der Waals surface area contributed by atoms with Gasteiger partial charge in [0.25, 0.3) is 0 Å². The summed E-state index contributed by atoms with van der Waals surface area (Å²) in [7, 11) is 0. The Morgan fingerprint density at radius 3 is 2.92 bits per heavy atom. The van der Waals surface area contributed by atoms with Gasteiger partial charge in [0, 0.05) is 6.61 Å². The molecule has 5 heteroatoms. The molecule has 0 aromatic carbocycles. The Hall–Kier alpha value is 0.0400. The monoisotopic (exact) mass is 212 g/mol. The summed E-state index contributed by atoms with van der Waals surface area (Å²) in [4.78, 5) is 0. The van der Waals surface area contributed by atoms with Gasteiger partial charge in [-0.2, -0.15) is 0 Å². The average Bonchev–Trinajstić information content (AvgIpc) is 2.05. The molecule has 1 rings (SSSR count). The molecule has 1 atom stereocenters. The molecule has 0 spiro atoms. The third-order valence-electron chi connectivity index (χ3n) is 1.33. The van der Waals surface area contributed by atoms with Crippen molar-refractivity contribution in [3.8, 4) is 0 Å². The summed E-state index contributed by atoms with van der Waals surface area (Å²) >= 11 is 11.1. The highest BCUT2D eigenvalue weighted by Gasteiger charge is 2.24. The molecule has 12 heavy (non-hydrogen) atoms. The van der Waals surface area contributed by atoms with Crippen LogP contribution in [0.25, 0.3) is 0 Å². The van der Waals surface area contributed by atoms with Gasteiger partial charge in [0.15, 0.2) is 5.76 Å². The molecule has 0 radical (unpaired) electrons. The van der Waals surface area contributed by atoms with Crippen molar-refractivity contribution in [3.05, 3.63) is 10.3 Å². The minimum atomic E-state index is -0.547. The molecular weight excluding hydrogens is 203 g/mol. The van der Waals surface area contributed by atoms with Crippen molar-refractivity contribution in [1.82, 2.24) is 0 Å². The fraction of sp³-hybridized carbons (Fsp3) is 0.714. The van der Waals surface area contributed by atoms with Gasteiger partial charge in [-0.25, -0.2) is 0 Å². The summed E-state index contributed by atoms with van der Waals surface area (Å²) in [5, 5.41) is 0. The Bertz CT molecular complexity index is 175. The maximum atomic E-state index is 5.55. The molecule has 0 aliphatic carbocycles. The van der Waals surface area contributed by atoms with Crippen molar-refractivity contribution in [2.24, 2.45) is 0 Å². The summed E-state index contributed by atoms with van der Waals surface area (Å²) < 4.78 is 15.6. The van der Waals surface area contributed by atoms with Crippen LogP contribution in [0.15, 0.2) is 10.3 Å². The van der Waals surface area contributed by atoms with E-state index in [0.29, 0.717) is 25.6 Å². The standard InChI is InChI=1S/C7H10Cl2O3/c1-2-10-7-5(6(8)9)11-3-4-12-7/h7H,2-4H2,1H3. The first-order valence-corrected chi connectivity index (χ1v) is 4.42. The number of hydrogen-bond acceptors (Lipinski definition) is 3. The lowest BCUT2D eigenvalue weighted by atomic mass is 10.5. The van der Waals surface area contributed by atoms with Gasteiger partial charge in [0.05, 0.1) is 6.61 Å². The summed E-state index contributed by atoms with van der Waals surface area (Å²) in [6, 6.07) is 0. The molecule has 1 fully saturated rings. The first-order chi connectivity index (χ1) is 5.75. The summed E-state index contributed by atoms with van der Waals surface area (Å²) in [6.45, 7) is 3.34. The lowest BCUT2D eigenvalue weighted by Gasteiger charge is -2.25. The zero-order chi connectivity index (χ0) is 8.97. The number of halogens is 2. The van der Waals surface area contributed by atoms with Crippen LogP contribution in [0.3, 0.4) is 0 Å².